The van der Waals surface area contributed by atoms with Crippen LogP contribution in [0.3, 0.4) is 0 Å². The highest BCUT2D eigenvalue weighted by Crippen LogP contribution is 2.40. The van der Waals surface area contributed by atoms with Gasteiger partial charge >= 0.3 is 0 Å². The topological polar surface area (TPSA) is 75.0 Å². The predicted octanol–water partition coefficient (Wildman–Crippen LogP) is 4.79. The minimum absolute atomic E-state index is 0.0849. The summed E-state index contributed by atoms with van der Waals surface area (Å²) in [5, 5.41) is 20.1. The number of nitriles is 1. The van der Waals surface area contributed by atoms with Crippen molar-refractivity contribution >= 4 is 0 Å². The van der Waals surface area contributed by atoms with Gasteiger partial charge in [0.1, 0.15) is 0 Å². The first-order valence-electron chi connectivity index (χ1n) is 11.0. The normalized spacial score (nSPS) is 13.0. The fourth-order valence-corrected chi connectivity index (χ4v) is 4.07. The quantitative estimate of drug-likeness (QED) is 0.511. The monoisotopic (exact) mass is 440 g/mol. The molecule has 174 valence electrons. The number of hydrogen-bond donors (Lipinski definition) is 1. The van der Waals surface area contributed by atoms with Crippen LogP contribution in [0.4, 0.5) is 0 Å². The van der Waals surface area contributed by atoms with Crippen LogP contribution in [0, 0.1) is 17.2 Å². The van der Waals surface area contributed by atoms with Gasteiger partial charge in [-0.3, -0.25) is 0 Å². The fraction of sp³-hybridized carbons (Fsp3) is 0.500. The first-order chi connectivity index (χ1) is 15.3. The minimum atomic E-state index is -0.634. The molecule has 0 aromatic heterocycles. The van der Waals surface area contributed by atoms with E-state index in [1.807, 2.05) is 18.2 Å². The van der Waals surface area contributed by atoms with E-state index in [4.69, 9.17) is 14.2 Å². The van der Waals surface area contributed by atoms with Gasteiger partial charge in [-0.05, 0) is 74.2 Å². The molecule has 6 nitrogen and oxygen atoms in total. The third-order valence-electron chi connectivity index (χ3n) is 6.22. The Labute approximate surface area is 192 Å². The maximum atomic E-state index is 10.2. The molecule has 0 bridgehead atoms. The molecule has 2 aromatic carbocycles. The lowest BCUT2D eigenvalue weighted by Gasteiger charge is -2.32. The number of benzene rings is 2. The van der Waals surface area contributed by atoms with Crippen LogP contribution in [-0.4, -0.2) is 51.5 Å². The molecule has 0 spiro atoms. The highest BCUT2D eigenvalue weighted by atomic mass is 16.5. The Bertz CT molecular complexity index is 923. The zero-order chi connectivity index (χ0) is 23.7. The van der Waals surface area contributed by atoms with Gasteiger partial charge in [0.2, 0.25) is 0 Å². The summed E-state index contributed by atoms with van der Waals surface area (Å²) < 4.78 is 16.0. The molecule has 0 aliphatic carbocycles. The Hall–Kier alpha value is -2.91. The van der Waals surface area contributed by atoms with E-state index >= 15 is 0 Å². The molecule has 0 saturated heterocycles. The largest absolute Gasteiger partial charge is 0.504 e. The summed E-state index contributed by atoms with van der Waals surface area (Å²) in [6.07, 6.45) is 2.52. The van der Waals surface area contributed by atoms with Crippen molar-refractivity contribution in [3.63, 3.8) is 0 Å². The third kappa shape index (κ3) is 5.86. The third-order valence-corrected chi connectivity index (χ3v) is 6.22. The van der Waals surface area contributed by atoms with E-state index in [0.717, 1.165) is 49.4 Å². The Kier molecular flexibility index (Phi) is 9.22. The second kappa shape index (κ2) is 11.6. The van der Waals surface area contributed by atoms with Crippen molar-refractivity contribution in [2.24, 2.45) is 5.92 Å². The average Bonchev–Trinajstić information content (AvgIpc) is 2.80. The molecule has 0 fully saturated rings. The summed E-state index contributed by atoms with van der Waals surface area (Å²) in [5.41, 5.74) is 1.45. The van der Waals surface area contributed by atoms with Gasteiger partial charge in [-0.25, -0.2) is 0 Å². The van der Waals surface area contributed by atoms with E-state index in [1.54, 1.807) is 26.4 Å². The van der Waals surface area contributed by atoms with Crippen LogP contribution in [0.1, 0.15) is 37.8 Å². The predicted molar refractivity (Wildman–Crippen MR) is 127 cm³/mol. The Balaban J connectivity index is 2.00. The van der Waals surface area contributed by atoms with Crippen LogP contribution < -0.4 is 14.2 Å². The van der Waals surface area contributed by atoms with Gasteiger partial charge in [-0.15, -0.1) is 0 Å². The summed E-state index contributed by atoms with van der Waals surface area (Å²) in [5.74, 6) is 2.08. The summed E-state index contributed by atoms with van der Waals surface area (Å²) in [7, 11) is 6.91. The highest BCUT2D eigenvalue weighted by Gasteiger charge is 2.36. The summed E-state index contributed by atoms with van der Waals surface area (Å²) >= 11 is 0. The van der Waals surface area contributed by atoms with Crippen molar-refractivity contribution in [1.29, 1.82) is 5.26 Å². The molecule has 0 aliphatic heterocycles. The van der Waals surface area contributed by atoms with E-state index in [-0.39, 0.29) is 11.7 Å². The first kappa shape index (κ1) is 25.4. The van der Waals surface area contributed by atoms with Gasteiger partial charge in [-0.2, -0.15) is 5.26 Å². The number of hydrogen-bond acceptors (Lipinski definition) is 6. The molecule has 2 aromatic rings. The number of phenols is 1. The van der Waals surface area contributed by atoms with E-state index in [1.165, 1.54) is 12.7 Å². The second-order valence-electron chi connectivity index (χ2n) is 8.47. The number of rotatable bonds is 12. The van der Waals surface area contributed by atoms with Crippen molar-refractivity contribution in [2.45, 2.75) is 38.5 Å². The van der Waals surface area contributed by atoms with Crippen LogP contribution >= 0.6 is 0 Å². The maximum Gasteiger partial charge on any atom is 0.160 e. The molecular formula is C26H36N2O4. The van der Waals surface area contributed by atoms with Crippen LogP contribution in [0.5, 0.6) is 23.0 Å². The van der Waals surface area contributed by atoms with Gasteiger partial charge in [-0.1, -0.05) is 26.0 Å². The standard InChI is InChI=1S/C26H36N2O4/c1-19(2)26(18-27,21-9-10-22(29)24(17-21)31-5)13-7-14-28(3)15-12-20-8-11-23(30-4)25(16-20)32-6/h8-11,16-17,19,29H,7,12-15H2,1-6H3. The Morgan fingerprint density at radius 1 is 0.969 bits per heavy atom. The van der Waals surface area contributed by atoms with Crippen LogP contribution in [0.2, 0.25) is 0 Å². The molecule has 1 N–H and O–H groups in total. The minimum Gasteiger partial charge on any atom is -0.504 e. The van der Waals surface area contributed by atoms with E-state index < -0.39 is 5.41 Å². The lowest BCUT2D eigenvalue weighted by Crippen LogP contribution is -2.32. The summed E-state index contributed by atoms with van der Waals surface area (Å²) in [4.78, 5) is 2.29. The van der Waals surface area contributed by atoms with Crippen molar-refractivity contribution in [2.75, 3.05) is 41.5 Å². The fourth-order valence-electron chi connectivity index (χ4n) is 4.07. The molecule has 1 atom stereocenters. The average molecular weight is 441 g/mol. The van der Waals surface area contributed by atoms with Gasteiger partial charge in [0.05, 0.1) is 32.8 Å². The second-order valence-corrected chi connectivity index (χ2v) is 8.47. The van der Waals surface area contributed by atoms with E-state index in [2.05, 4.69) is 37.9 Å². The van der Waals surface area contributed by atoms with Crippen LogP contribution in [-0.2, 0) is 11.8 Å². The molecule has 1 unspecified atom stereocenters. The smallest absolute Gasteiger partial charge is 0.160 e. The number of nitrogens with zero attached hydrogens (tertiary/aromatic N) is 2. The number of ether oxygens (including phenoxy) is 3. The molecule has 0 saturated carbocycles. The zero-order valence-corrected chi connectivity index (χ0v) is 20.1. The number of phenolic OH excluding ortho intramolecular Hbond substituents is 1. The summed E-state index contributed by atoms with van der Waals surface area (Å²) in [6.45, 7) is 5.94. The molecule has 2 rings (SSSR count). The first-order valence-corrected chi connectivity index (χ1v) is 11.0. The SMILES string of the molecule is COc1cc(C(C#N)(CCCN(C)CCc2ccc(OC)c(OC)c2)C(C)C)ccc1O. The highest BCUT2D eigenvalue weighted by molar-refractivity contribution is 5.46. The molecule has 0 aliphatic rings. The van der Waals surface area contributed by atoms with Crippen molar-refractivity contribution in [3.05, 3.63) is 47.5 Å². The Morgan fingerprint density at radius 2 is 1.66 bits per heavy atom. The van der Waals surface area contributed by atoms with E-state index in [0.29, 0.717) is 5.75 Å². The van der Waals surface area contributed by atoms with Crippen molar-refractivity contribution in [1.82, 2.24) is 4.90 Å². The van der Waals surface area contributed by atoms with Crippen molar-refractivity contribution < 1.29 is 19.3 Å². The number of aromatic hydroxyl groups is 1. The number of methoxy groups -OCH3 is 3. The van der Waals surface area contributed by atoms with Gasteiger partial charge in [0.15, 0.2) is 23.0 Å². The molecular weight excluding hydrogens is 404 g/mol. The van der Waals surface area contributed by atoms with Gasteiger partial charge < -0.3 is 24.2 Å². The lowest BCUT2D eigenvalue weighted by molar-refractivity contribution is 0.292. The molecule has 32 heavy (non-hydrogen) atoms. The zero-order valence-electron chi connectivity index (χ0n) is 20.1. The molecule has 0 heterocycles. The van der Waals surface area contributed by atoms with Crippen LogP contribution in [0.25, 0.3) is 0 Å². The van der Waals surface area contributed by atoms with E-state index in [9.17, 15) is 10.4 Å². The van der Waals surface area contributed by atoms with Gasteiger partial charge in [0.25, 0.3) is 0 Å². The maximum absolute atomic E-state index is 10.2. The molecule has 6 heteroatoms. The molecule has 0 radical (unpaired) electrons. The number of likely N-dealkylation sites (N-methyl/N-ethyl adjacent to an activating group) is 1. The van der Waals surface area contributed by atoms with Crippen molar-refractivity contribution in [3.8, 4) is 29.1 Å². The lowest BCUT2D eigenvalue weighted by atomic mass is 9.69. The Morgan fingerprint density at radius 3 is 2.25 bits per heavy atom. The van der Waals surface area contributed by atoms with Crippen LogP contribution in [0.15, 0.2) is 36.4 Å². The molecule has 0 amide bonds. The summed E-state index contributed by atoms with van der Waals surface area (Å²) in [6, 6.07) is 13.8. The van der Waals surface area contributed by atoms with Gasteiger partial charge in [0, 0.05) is 6.54 Å².